The molecule has 1 amide bonds. The van der Waals surface area contributed by atoms with E-state index >= 15 is 0 Å². The molecular formula is C17H30N4O2. The van der Waals surface area contributed by atoms with E-state index in [0.717, 1.165) is 44.6 Å². The maximum atomic E-state index is 12.3. The smallest absolute Gasteiger partial charge is 0.240 e. The van der Waals surface area contributed by atoms with Gasteiger partial charge in [-0.3, -0.25) is 15.0 Å². The number of aromatic nitrogens is 1. The van der Waals surface area contributed by atoms with Crippen LogP contribution in [-0.2, 0) is 10.2 Å². The molecule has 23 heavy (non-hydrogen) atoms. The summed E-state index contributed by atoms with van der Waals surface area (Å²) in [5, 5.41) is 10.2. The minimum atomic E-state index is -0.0875. The van der Waals surface area contributed by atoms with Crippen LogP contribution in [0.25, 0.3) is 0 Å². The minimum Gasteiger partial charge on any atom is -0.338 e. The Morgan fingerprint density at radius 1 is 1.43 bits per heavy atom. The Hall–Kier alpha value is -1.40. The van der Waals surface area contributed by atoms with E-state index in [9.17, 15) is 4.79 Å². The van der Waals surface area contributed by atoms with Gasteiger partial charge >= 0.3 is 0 Å². The van der Waals surface area contributed by atoms with E-state index in [1.165, 1.54) is 0 Å². The summed E-state index contributed by atoms with van der Waals surface area (Å²) in [6.45, 7) is 11.8. The summed E-state index contributed by atoms with van der Waals surface area (Å²) in [7, 11) is 0. The summed E-state index contributed by atoms with van der Waals surface area (Å²) in [5.74, 6) is 0.398. The standard InChI is InChI=1S/C17H30N4O2/c1-5-10-21(13-6-8-18-9-7-13)12-15(22)19-16-11-14(20-23-16)17(2,3)4/h11,13,18H,5-10,12H2,1-4H3,(H,19,22). The Morgan fingerprint density at radius 3 is 2.70 bits per heavy atom. The third-order valence-corrected chi connectivity index (χ3v) is 4.22. The maximum Gasteiger partial charge on any atom is 0.240 e. The Bertz CT molecular complexity index is 501. The van der Waals surface area contributed by atoms with Crippen LogP contribution in [0.5, 0.6) is 0 Å². The molecule has 6 heteroatoms. The lowest BCUT2D eigenvalue weighted by molar-refractivity contribution is -0.118. The molecule has 2 rings (SSSR count). The topological polar surface area (TPSA) is 70.4 Å². The first-order valence-electron chi connectivity index (χ1n) is 8.62. The van der Waals surface area contributed by atoms with Gasteiger partial charge in [0.25, 0.3) is 0 Å². The van der Waals surface area contributed by atoms with Gasteiger partial charge < -0.3 is 9.84 Å². The van der Waals surface area contributed by atoms with Crippen molar-refractivity contribution in [1.82, 2.24) is 15.4 Å². The predicted octanol–water partition coefficient (Wildman–Crippen LogP) is 2.37. The minimum absolute atomic E-state index is 0.0337. The molecule has 1 fully saturated rings. The maximum absolute atomic E-state index is 12.3. The molecule has 0 atom stereocenters. The Kier molecular flexibility index (Phi) is 6.18. The van der Waals surface area contributed by atoms with Crippen molar-refractivity contribution in [3.8, 4) is 0 Å². The summed E-state index contributed by atoms with van der Waals surface area (Å²) in [6.07, 6.45) is 3.25. The fourth-order valence-corrected chi connectivity index (χ4v) is 2.90. The average molecular weight is 322 g/mol. The van der Waals surface area contributed by atoms with Gasteiger partial charge in [-0.15, -0.1) is 0 Å². The zero-order valence-corrected chi connectivity index (χ0v) is 14.8. The van der Waals surface area contributed by atoms with Gasteiger partial charge in [0.15, 0.2) is 0 Å². The highest BCUT2D eigenvalue weighted by Crippen LogP contribution is 2.23. The van der Waals surface area contributed by atoms with E-state index < -0.39 is 0 Å². The highest BCUT2D eigenvalue weighted by atomic mass is 16.5. The second kappa shape index (κ2) is 7.93. The van der Waals surface area contributed by atoms with E-state index in [4.69, 9.17) is 4.52 Å². The number of rotatable bonds is 6. The monoisotopic (exact) mass is 322 g/mol. The molecule has 1 aliphatic rings. The Morgan fingerprint density at radius 2 is 2.13 bits per heavy atom. The van der Waals surface area contributed by atoms with Crippen LogP contribution in [0.1, 0.15) is 52.7 Å². The number of piperidine rings is 1. The molecule has 0 aliphatic carbocycles. The van der Waals surface area contributed by atoms with Gasteiger partial charge in [0.1, 0.15) is 0 Å². The van der Waals surface area contributed by atoms with Crippen molar-refractivity contribution in [2.24, 2.45) is 0 Å². The number of nitrogens with one attached hydrogen (secondary N) is 2. The first kappa shape index (κ1) is 17.9. The number of hydrogen-bond donors (Lipinski definition) is 2. The molecule has 2 N–H and O–H groups in total. The van der Waals surface area contributed by atoms with Crippen LogP contribution in [0.2, 0.25) is 0 Å². The molecule has 0 saturated carbocycles. The van der Waals surface area contributed by atoms with Crippen LogP contribution < -0.4 is 10.6 Å². The molecule has 0 bridgehead atoms. The predicted molar refractivity (Wildman–Crippen MR) is 91.6 cm³/mol. The zero-order valence-electron chi connectivity index (χ0n) is 14.8. The van der Waals surface area contributed by atoms with Crippen molar-refractivity contribution in [2.45, 2.75) is 58.4 Å². The van der Waals surface area contributed by atoms with Crippen molar-refractivity contribution in [3.05, 3.63) is 11.8 Å². The van der Waals surface area contributed by atoms with Gasteiger partial charge in [0.05, 0.1) is 12.2 Å². The summed E-state index contributed by atoms with van der Waals surface area (Å²) >= 11 is 0. The molecule has 6 nitrogen and oxygen atoms in total. The third-order valence-electron chi connectivity index (χ3n) is 4.22. The highest BCUT2D eigenvalue weighted by Gasteiger charge is 2.23. The quantitative estimate of drug-likeness (QED) is 0.841. The number of nitrogens with zero attached hydrogens (tertiary/aromatic N) is 2. The first-order chi connectivity index (χ1) is 10.9. The summed E-state index contributed by atoms with van der Waals surface area (Å²) in [4.78, 5) is 14.6. The lowest BCUT2D eigenvalue weighted by Crippen LogP contribution is -2.46. The van der Waals surface area contributed by atoms with Crippen molar-refractivity contribution < 1.29 is 9.32 Å². The molecule has 1 aromatic heterocycles. The zero-order chi connectivity index (χ0) is 16.9. The SMILES string of the molecule is CCCN(CC(=O)Nc1cc(C(C)(C)C)no1)C1CCNCC1. The number of amides is 1. The van der Waals surface area contributed by atoms with Crippen molar-refractivity contribution >= 4 is 11.8 Å². The second-order valence-electron chi connectivity index (χ2n) is 7.33. The van der Waals surface area contributed by atoms with Gasteiger partial charge in [-0.2, -0.15) is 0 Å². The largest absolute Gasteiger partial charge is 0.338 e. The van der Waals surface area contributed by atoms with Crippen molar-refractivity contribution in [2.75, 3.05) is 31.5 Å². The molecule has 2 heterocycles. The molecule has 0 unspecified atom stereocenters. The van der Waals surface area contributed by atoms with Gasteiger partial charge in [0, 0.05) is 17.5 Å². The molecule has 0 spiro atoms. The molecule has 0 aromatic carbocycles. The van der Waals surface area contributed by atoms with E-state index in [1.807, 2.05) is 6.07 Å². The molecule has 1 saturated heterocycles. The number of carbonyl (C=O) groups is 1. The van der Waals surface area contributed by atoms with Gasteiger partial charge in [-0.05, 0) is 38.9 Å². The average Bonchev–Trinajstić information content (AvgIpc) is 2.96. The van der Waals surface area contributed by atoms with Gasteiger partial charge in [-0.1, -0.05) is 32.9 Å². The summed E-state index contributed by atoms with van der Waals surface area (Å²) in [6, 6.07) is 2.30. The normalized spacial score (nSPS) is 16.7. The van der Waals surface area contributed by atoms with Gasteiger partial charge in [-0.25, -0.2) is 0 Å². The van der Waals surface area contributed by atoms with Crippen LogP contribution in [0, 0.1) is 0 Å². The van der Waals surface area contributed by atoms with Crippen LogP contribution in [0.4, 0.5) is 5.88 Å². The number of hydrogen-bond acceptors (Lipinski definition) is 5. The molecular weight excluding hydrogens is 292 g/mol. The number of anilines is 1. The molecule has 0 radical (unpaired) electrons. The fraction of sp³-hybridized carbons (Fsp3) is 0.765. The van der Waals surface area contributed by atoms with Crippen LogP contribution >= 0.6 is 0 Å². The fourth-order valence-electron chi connectivity index (χ4n) is 2.90. The van der Waals surface area contributed by atoms with Crippen molar-refractivity contribution in [1.29, 1.82) is 0 Å². The van der Waals surface area contributed by atoms with Crippen LogP contribution in [0.3, 0.4) is 0 Å². The van der Waals surface area contributed by atoms with E-state index in [-0.39, 0.29) is 11.3 Å². The lowest BCUT2D eigenvalue weighted by Gasteiger charge is -2.33. The third kappa shape index (κ3) is 5.32. The Balaban J connectivity index is 1.92. The van der Waals surface area contributed by atoms with E-state index in [1.54, 1.807) is 0 Å². The van der Waals surface area contributed by atoms with Crippen LogP contribution in [-0.4, -0.2) is 48.2 Å². The van der Waals surface area contributed by atoms with E-state index in [2.05, 4.69) is 48.4 Å². The molecule has 130 valence electrons. The van der Waals surface area contributed by atoms with Crippen LogP contribution in [0.15, 0.2) is 10.6 Å². The summed E-state index contributed by atoms with van der Waals surface area (Å²) in [5.41, 5.74) is 0.757. The number of carbonyl (C=O) groups excluding carboxylic acids is 1. The van der Waals surface area contributed by atoms with Gasteiger partial charge in [0.2, 0.25) is 11.8 Å². The lowest BCUT2D eigenvalue weighted by atomic mass is 9.92. The first-order valence-corrected chi connectivity index (χ1v) is 8.62. The van der Waals surface area contributed by atoms with Crippen molar-refractivity contribution in [3.63, 3.8) is 0 Å². The highest BCUT2D eigenvalue weighted by molar-refractivity contribution is 5.91. The summed E-state index contributed by atoms with van der Waals surface area (Å²) < 4.78 is 5.24. The molecule has 1 aromatic rings. The Labute approximate surface area is 139 Å². The second-order valence-corrected chi connectivity index (χ2v) is 7.33. The molecule has 1 aliphatic heterocycles. The van der Waals surface area contributed by atoms with E-state index in [0.29, 0.717) is 18.5 Å².